The highest BCUT2D eigenvalue weighted by Gasteiger charge is 2.33. The molecular formula is C20H21N5O3. The highest BCUT2D eigenvalue weighted by atomic mass is 16.3. The molecule has 3 heterocycles. The Bertz CT molecular complexity index is 1080. The summed E-state index contributed by atoms with van der Waals surface area (Å²) in [6.45, 7) is 4.05. The number of carbonyl (C=O) groups is 2. The zero-order chi connectivity index (χ0) is 19.8. The van der Waals surface area contributed by atoms with E-state index in [2.05, 4.69) is 20.6 Å². The molecule has 0 spiro atoms. The van der Waals surface area contributed by atoms with Crippen LogP contribution in [0, 0.1) is 6.92 Å². The van der Waals surface area contributed by atoms with E-state index in [1.165, 1.54) is 12.5 Å². The second kappa shape index (κ2) is 6.88. The van der Waals surface area contributed by atoms with Gasteiger partial charge in [0.25, 0.3) is 5.91 Å². The maximum absolute atomic E-state index is 13.2. The quantitative estimate of drug-likeness (QED) is 0.648. The molecule has 8 nitrogen and oxygen atoms in total. The Balaban J connectivity index is 1.60. The molecule has 8 heteroatoms. The smallest absolute Gasteiger partial charge is 0.319 e. The van der Waals surface area contributed by atoms with Crippen LogP contribution in [0.2, 0.25) is 0 Å². The molecular weight excluding hydrogens is 358 g/mol. The average Bonchev–Trinajstić information content (AvgIpc) is 3.29. The number of fused-ring (bicyclic) bond motifs is 1. The predicted molar refractivity (Wildman–Crippen MR) is 103 cm³/mol. The Kier molecular flexibility index (Phi) is 4.38. The highest BCUT2D eigenvalue weighted by Crippen LogP contribution is 2.28. The van der Waals surface area contributed by atoms with Gasteiger partial charge in [0.2, 0.25) is 0 Å². The van der Waals surface area contributed by atoms with Crippen molar-refractivity contribution in [2.45, 2.75) is 26.4 Å². The fraction of sp³-hybridized carbons (Fsp3) is 0.250. The second-order valence-electron chi connectivity index (χ2n) is 6.99. The summed E-state index contributed by atoms with van der Waals surface area (Å²) in [5.74, 6) is 0.496. The number of aromatic nitrogens is 2. The van der Waals surface area contributed by atoms with Crippen LogP contribution in [0.25, 0.3) is 11.0 Å². The molecule has 1 atom stereocenters. The van der Waals surface area contributed by atoms with Crippen LogP contribution in [0.4, 0.5) is 4.79 Å². The normalized spacial score (nSPS) is 16.8. The summed E-state index contributed by atoms with van der Waals surface area (Å²) in [6, 6.07) is 6.79. The fourth-order valence-corrected chi connectivity index (χ4v) is 3.42. The van der Waals surface area contributed by atoms with Crippen LogP contribution in [0.1, 0.15) is 29.9 Å². The molecule has 2 aromatic heterocycles. The van der Waals surface area contributed by atoms with Crippen LogP contribution in [0.5, 0.6) is 0 Å². The summed E-state index contributed by atoms with van der Waals surface area (Å²) >= 11 is 0. The summed E-state index contributed by atoms with van der Waals surface area (Å²) in [4.78, 5) is 34.5. The minimum absolute atomic E-state index is 0.201. The number of carbonyl (C=O) groups excluding carboxylic acids is 2. The van der Waals surface area contributed by atoms with Crippen molar-refractivity contribution in [3.05, 3.63) is 65.0 Å². The van der Waals surface area contributed by atoms with Gasteiger partial charge < -0.3 is 24.9 Å². The molecule has 3 N–H and O–H groups in total. The molecule has 0 saturated carbocycles. The number of aromatic amines is 1. The van der Waals surface area contributed by atoms with Crippen LogP contribution < -0.4 is 10.6 Å². The number of furan rings is 1. The summed E-state index contributed by atoms with van der Waals surface area (Å²) in [6.07, 6.45) is 3.04. The van der Waals surface area contributed by atoms with Crippen molar-refractivity contribution < 1.29 is 14.0 Å². The van der Waals surface area contributed by atoms with Crippen LogP contribution in [0.15, 0.2) is 52.5 Å². The van der Waals surface area contributed by atoms with Crippen molar-refractivity contribution in [2.24, 2.45) is 0 Å². The van der Waals surface area contributed by atoms with Gasteiger partial charge >= 0.3 is 6.03 Å². The number of rotatable bonds is 4. The van der Waals surface area contributed by atoms with Gasteiger partial charge in [-0.15, -0.1) is 0 Å². The van der Waals surface area contributed by atoms with Crippen molar-refractivity contribution in [1.29, 1.82) is 0 Å². The van der Waals surface area contributed by atoms with Crippen LogP contribution >= 0.6 is 0 Å². The summed E-state index contributed by atoms with van der Waals surface area (Å²) in [7, 11) is 1.71. The molecule has 1 aliphatic rings. The number of aryl methyl sites for hydroxylation is 1. The number of likely N-dealkylation sites (N-methyl/N-ethyl adjacent to an activating group) is 1. The average molecular weight is 379 g/mol. The number of allylic oxidation sites excluding steroid dienone is 1. The molecule has 3 amide bonds. The third kappa shape index (κ3) is 3.24. The van der Waals surface area contributed by atoms with Crippen molar-refractivity contribution in [3.63, 3.8) is 0 Å². The largest absolute Gasteiger partial charge is 0.472 e. The number of urea groups is 1. The molecule has 0 saturated heterocycles. The summed E-state index contributed by atoms with van der Waals surface area (Å²) in [5.41, 5.74) is 4.64. The van der Waals surface area contributed by atoms with E-state index in [1.54, 1.807) is 24.9 Å². The second-order valence-corrected chi connectivity index (χ2v) is 6.99. The van der Waals surface area contributed by atoms with Crippen LogP contribution in [-0.2, 0) is 11.3 Å². The first kappa shape index (κ1) is 17.8. The molecule has 28 heavy (non-hydrogen) atoms. The number of benzene rings is 1. The topological polar surface area (TPSA) is 103 Å². The van der Waals surface area contributed by atoms with Gasteiger partial charge in [0.1, 0.15) is 5.82 Å². The number of imidazole rings is 1. The van der Waals surface area contributed by atoms with Crippen LogP contribution in [-0.4, -0.2) is 33.9 Å². The van der Waals surface area contributed by atoms with Crippen molar-refractivity contribution in [2.75, 3.05) is 7.05 Å². The van der Waals surface area contributed by atoms with E-state index < -0.39 is 6.04 Å². The summed E-state index contributed by atoms with van der Waals surface area (Å²) < 4.78 is 5.13. The lowest BCUT2D eigenvalue weighted by molar-refractivity contribution is -0.127. The van der Waals surface area contributed by atoms with Gasteiger partial charge in [-0.2, -0.15) is 0 Å². The molecule has 1 aliphatic heterocycles. The van der Waals surface area contributed by atoms with Gasteiger partial charge in [-0.25, -0.2) is 9.78 Å². The summed E-state index contributed by atoms with van der Waals surface area (Å²) in [5, 5.41) is 5.46. The minimum atomic E-state index is -0.569. The third-order valence-corrected chi connectivity index (χ3v) is 4.80. The Morgan fingerprint density at radius 3 is 2.86 bits per heavy atom. The maximum Gasteiger partial charge on any atom is 0.319 e. The van der Waals surface area contributed by atoms with Crippen LogP contribution in [0.3, 0.4) is 0 Å². The lowest BCUT2D eigenvalue weighted by Gasteiger charge is -2.30. The minimum Gasteiger partial charge on any atom is -0.472 e. The SMILES string of the molecule is CC1=C(C(=O)N(C)Cc2nc3ccc(C)cc3[nH]2)C(c2ccoc2)NC(=O)N1. The molecule has 144 valence electrons. The first-order valence-electron chi connectivity index (χ1n) is 8.93. The standard InChI is InChI=1S/C20H21N5O3/c1-11-4-5-14-15(8-11)23-16(22-14)9-25(3)19(26)17-12(2)21-20(27)24-18(17)13-6-7-28-10-13/h4-8,10,18H,9H2,1-3H3,(H,22,23)(H2,21,24,27). The molecule has 0 aliphatic carbocycles. The van der Waals surface area contributed by atoms with Gasteiger partial charge in [-0.3, -0.25) is 4.79 Å². The first-order valence-corrected chi connectivity index (χ1v) is 8.93. The van der Waals surface area contributed by atoms with Gasteiger partial charge in [-0.05, 0) is 37.6 Å². The van der Waals surface area contributed by atoms with E-state index in [1.807, 2.05) is 25.1 Å². The Hall–Kier alpha value is -3.55. The number of nitrogens with zero attached hydrogens (tertiary/aromatic N) is 2. The molecule has 0 radical (unpaired) electrons. The van der Waals surface area contributed by atoms with Crippen molar-refractivity contribution in [1.82, 2.24) is 25.5 Å². The van der Waals surface area contributed by atoms with Gasteiger partial charge in [0.15, 0.2) is 0 Å². The molecule has 1 aromatic carbocycles. The van der Waals surface area contributed by atoms with E-state index in [-0.39, 0.29) is 11.9 Å². The molecule has 0 bridgehead atoms. The Labute approximate surface area is 161 Å². The Morgan fingerprint density at radius 2 is 2.11 bits per heavy atom. The van der Waals surface area contributed by atoms with E-state index in [0.29, 0.717) is 29.2 Å². The van der Waals surface area contributed by atoms with Crippen molar-refractivity contribution in [3.8, 4) is 0 Å². The van der Waals surface area contributed by atoms with Gasteiger partial charge in [-0.1, -0.05) is 6.07 Å². The number of amides is 3. The van der Waals surface area contributed by atoms with E-state index in [9.17, 15) is 9.59 Å². The highest BCUT2D eigenvalue weighted by molar-refractivity contribution is 5.98. The molecule has 3 aromatic rings. The molecule has 0 fully saturated rings. The Morgan fingerprint density at radius 1 is 1.29 bits per heavy atom. The number of hydrogen-bond acceptors (Lipinski definition) is 4. The molecule has 1 unspecified atom stereocenters. The number of hydrogen-bond donors (Lipinski definition) is 3. The lowest BCUT2D eigenvalue weighted by atomic mass is 9.96. The monoisotopic (exact) mass is 379 g/mol. The first-order chi connectivity index (χ1) is 13.4. The van der Waals surface area contributed by atoms with Crippen molar-refractivity contribution >= 4 is 23.0 Å². The van der Waals surface area contributed by atoms with E-state index >= 15 is 0 Å². The predicted octanol–water partition coefficient (Wildman–Crippen LogP) is 2.75. The van der Waals surface area contributed by atoms with Gasteiger partial charge in [0, 0.05) is 18.3 Å². The van der Waals surface area contributed by atoms with Gasteiger partial charge in [0.05, 0.1) is 41.7 Å². The zero-order valence-corrected chi connectivity index (χ0v) is 15.9. The molecule has 4 rings (SSSR count). The van der Waals surface area contributed by atoms with E-state index in [4.69, 9.17) is 4.42 Å². The number of H-pyrrole nitrogens is 1. The van der Waals surface area contributed by atoms with E-state index in [0.717, 1.165) is 16.6 Å². The number of nitrogens with one attached hydrogen (secondary N) is 3. The fourth-order valence-electron chi connectivity index (χ4n) is 3.42. The maximum atomic E-state index is 13.2. The lowest BCUT2D eigenvalue weighted by Crippen LogP contribution is -2.47. The zero-order valence-electron chi connectivity index (χ0n) is 15.9. The third-order valence-electron chi connectivity index (χ3n) is 4.80.